The molecule has 0 aromatic carbocycles. The highest BCUT2D eigenvalue weighted by molar-refractivity contribution is 7.09. The van der Waals surface area contributed by atoms with Crippen LogP contribution in [0.1, 0.15) is 16.4 Å². The van der Waals surface area contributed by atoms with Crippen LogP contribution in [0.4, 0.5) is 5.82 Å². The average Bonchev–Trinajstić information content (AvgIpc) is 3.07. The van der Waals surface area contributed by atoms with E-state index >= 15 is 0 Å². The molecule has 3 heterocycles. The van der Waals surface area contributed by atoms with Gasteiger partial charge >= 0.3 is 0 Å². The Bertz CT molecular complexity index is 836. The van der Waals surface area contributed by atoms with Crippen molar-refractivity contribution >= 4 is 23.1 Å². The topological polar surface area (TPSA) is 59.8 Å². The van der Waals surface area contributed by atoms with Crippen LogP contribution in [0.15, 0.2) is 35.8 Å². The molecule has 3 aromatic heterocycles. The van der Waals surface area contributed by atoms with Gasteiger partial charge in [0.25, 0.3) is 0 Å². The van der Waals surface area contributed by atoms with Gasteiger partial charge < -0.3 is 9.88 Å². The van der Waals surface area contributed by atoms with E-state index in [2.05, 4.69) is 26.7 Å². The quantitative estimate of drug-likeness (QED) is 0.797. The molecule has 0 radical (unpaired) electrons. The Balaban J connectivity index is 1.81. The maximum Gasteiger partial charge on any atom is 0.245 e. The summed E-state index contributed by atoms with van der Waals surface area (Å²) in [5.41, 5.74) is 4.14. The number of nitrogens with zero attached hydrogens (tertiary/aromatic N) is 3. The number of rotatable bonds is 4. The SMILES string of the molecule is Cc1nc(-c2cc(C)n(CC(=O)Nc3ccccn3)c2C)cs1. The monoisotopic (exact) mass is 326 g/mol. The molecular formula is C17H18N4OS. The van der Waals surface area contributed by atoms with Crippen molar-refractivity contribution in [1.82, 2.24) is 14.5 Å². The second-order valence-corrected chi connectivity index (χ2v) is 6.45. The molecule has 0 unspecified atom stereocenters. The number of pyridine rings is 1. The van der Waals surface area contributed by atoms with Crippen LogP contribution in [-0.2, 0) is 11.3 Å². The third-order valence-corrected chi connectivity index (χ3v) is 4.48. The maximum absolute atomic E-state index is 12.3. The summed E-state index contributed by atoms with van der Waals surface area (Å²) < 4.78 is 2.00. The number of aryl methyl sites for hydroxylation is 2. The van der Waals surface area contributed by atoms with Crippen molar-refractivity contribution in [3.63, 3.8) is 0 Å². The van der Waals surface area contributed by atoms with Gasteiger partial charge in [0, 0.05) is 28.5 Å². The highest BCUT2D eigenvalue weighted by atomic mass is 32.1. The summed E-state index contributed by atoms with van der Waals surface area (Å²) in [5.74, 6) is 0.474. The number of nitrogens with one attached hydrogen (secondary N) is 1. The molecule has 1 N–H and O–H groups in total. The first-order valence-electron chi connectivity index (χ1n) is 7.34. The Morgan fingerprint density at radius 1 is 1.30 bits per heavy atom. The third kappa shape index (κ3) is 3.32. The lowest BCUT2D eigenvalue weighted by Gasteiger charge is -2.10. The van der Waals surface area contributed by atoms with Gasteiger partial charge in [-0.1, -0.05) is 6.07 Å². The summed E-state index contributed by atoms with van der Waals surface area (Å²) in [4.78, 5) is 20.9. The standard InChI is InChI=1S/C17H18N4OS/c1-11-8-14(15-10-23-13(3)19-15)12(2)21(11)9-17(22)20-16-6-4-5-7-18-16/h4-8,10H,9H2,1-3H3,(H,18,20,22). The lowest BCUT2D eigenvalue weighted by Crippen LogP contribution is -2.20. The Hall–Kier alpha value is -2.47. The van der Waals surface area contributed by atoms with Gasteiger partial charge in [-0.25, -0.2) is 9.97 Å². The molecule has 1 amide bonds. The first-order valence-corrected chi connectivity index (χ1v) is 8.22. The summed E-state index contributed by atoms with van der Waals surface area (Å²) in [5, 5.41) is 5.90. The summed E-state index contributed by atoms with van der Waals surface area (Å²) >= 11 is 1.63. The molecule has 23 heavy (non-hydrogen) atoms. The minimum atomic E-state index is -0.0912. The molecule has 3 rings (SSSR count). The smallest absolute Gasteiger partial charge is 0.245 e. The number of thiazole rings is 1. The first-order chi connectivity index (χ1) is 11.0. The molecule has 6 heteroatoms. The van der Waals surface area contributed by atoms with Crippen LogP contribution in [0.2, 0.25) is 0 Å². The predicted molar refractivity (Wildman–Crippen MR) is 92.6 cm³/mol. The zero-order valence-corrected chi connectivity index (χ0v) is 14.1. The van der Waals surface area contributed by atoms with Crippen molar-refractivity contribution in [3.05, 3.63) is 52.2 Å². The Labute approximate surface area is 139 Å². The van der Waals surface area contributed by atoms with Crippen LogP contribution in [0.5, 0.6) is 0 Å². The van der Waals surface area contributed by atoms with Gasteiger partial charge in [-0.2, -0.15) is 0 Å². The van der Waals surface area contributed by atoms with Crippen LogP contribution in [0.25, 0.3) is 11.3 Å². The fourth-order valence-corrected chi connectivity index (χ4v) is 3.17. The number of aromatic nitrogens is 3. The predicted octanol–water partition coefficient (Wildman–Crippen LogP) is 3.57. The zero-order valence-electron chi connectivity index (χ0n) is 13.3. The van der Waals surface area contributed by atoms with Crippen molar-refractivity contribution in [2.24, 2.45) is 0 Å². The summed E-state index contributed by atoms with van der Waals surface area (Å²) in [7, 11) is 0. The molecule has 3 aromatic rings. The van der Waals surface area contributed by atoms with E-state index in [1.165, 1.54) is 0 Å². The molecule has 0 spiro atoms. The number of carbonyl (C=O) groups excluding carboxylic acids is 1. The number of amides is 1. The lowest BCUT2D eigenvalue weighted by molar-refractivity contribution is -0.116. The molecule has 0 bridgehead atoms. The van der Waals surface area contributed by atoms with E-state index in [0.29, 0.717) is 5.82 Å². The van der Waals surface area contributed by atoms with E-state index in [1.807, 2.05) is 37.5 Å². The molecule has 0 atom stereocenters. The fraction of sp³-hybridized carbons (Fsp3) is 0.235. The Kier molecular flexibility index (Phi) is 4.25. The molecule has 0 aliphatic carbocycles. The van der Waals surface area contributed by atoms with Crippen LogP contribution in [0, 0.1) is 20.8 Å². The Morgan fingerprint density at radius 2 is 2.13 bits per heavy atom. The molecule has 118 valence electrons. The normalized spacial score (nSPS) is 10.7. The van der Waals surface area contributed by atoms with E-state index in [9.17, 15) is 4.79 Å². The molecule has 0 aliphatic heterocycles. The van der Waals surface area contributed by atoms with Gasteiger partial charge in [-0.15, -0.1) is 11.3 Å². The van der Waals surface area contributed by atoms with E-state index in [-0.39, 0.29) is 12.5 Å². The largest absolute Gasteiger partial charge is 0.339 e. The van der Waals surface area contributed by atoms with Gasteiger partial charge in [-0.3, -0.25) is 4.79 Å². The number of carbonyl (C=O) groups is 1. The average molecular weight is 326 g/mol. The Morgan fingerprint density at radius 3 is 2.78 bits per heavy atom. The van der Waals surface area contributed by atoms with Crippen LogP contribution in [0.3, 0.4) is 0 Å². The van der Waals surface area contributed by atoms with Gasteiger partial charge in [-0.05, 0) is 39.0 Å². The van der Waals surface area contributed by atoms with E-state index in [4.69, 9.17) is 0 Å². The molecular weight excluding hydrogens is 308 g/mol. The van der Waals surface area contributed by atoms with Crippen molar-refractivity contribution < 1.29 is 4.79 Å². The van der Waals surface area contributed by atoms with Gasteiger partial charge in [0.15, 0.2) is 0 Å². The lowest BCUT2D eigenvalue weighted by atomic mass is 10.2. The summed E-state index contributed by atoms with van der Waals surface area (Å²) in [6.45, 7) is 6.28. The van der Waals surface area contributed by atoms with Gasteiger partial charge in [0.05, 0.1) is 10.7 Å². The van der Waals surface area contributed by atoms with E-state index < -0.39 is 0 Å². The van der Waals surface area contributed by atoms with Crippen molar-refractivity contribution in [2.45, 2.75) is 27.3 Å². The molecule has 0 aliphatic rings. The highest BCUT2D eigenvalue weighted by Gasteiger charge is 2.15. The zero-order chi connectivity index (χ0) is 16.4. The summed E-state index contributed by atoms with van der Waals surface area (Å²) in [6.07, 6.45) is 1.66. The maximum atomic E-state index is 12.3. The number of anilines is 1. The third-order valence-electron chi connectivity index (χ3n) is 3.70. The molecule has 5 nitrogen and oxygen atoms in total. The minimum absolute atomic E-state index is 0.0912. The second-order valence-electron chi connectivity index (χ2n) is 5.39. The minimum Gasteiger partial charge on any atom is -0.339 e. The van der Waals surface area contributed by atoms with Crippen molar-refractivity contribution in [2.75, 3.05) is 5.32 Å². The van der Waals surface area contributed by atoms with Crippen molar-refractivity contribution in [1.29, 1.82) is 0 Å². The molecule has 0 fully saturated rings. The second kappa shape index (κ2) is 6.34. The highest BCUT2D eigenvalue weighted by Crippen LogP contribution is 2.27. The van der Waals surface area contributed by atoms with E-state index in [0.717, 1.165) is 27.7 Å². The number of hydrogen-bond acceptors (Lipinski definition) is 4. The van der Waals surface area contributed by atoms with Crippen LogP contribution >= 0.6 is 11.3 Å². The fourth-order valence-electron chi connectivity index (χ4n) is 2.55. The van der Waals surface area contributed by atoms with Gasteiger partial charge in [0.2, 0.25) is 5.91 Å². The summed E-state index contributed by atoms with van der Waals surface area (Å²) in [6, 6.07) is 7.52. The first kappa shape index (κ1) is 15.4. The van der Waals surface area contributed by atoms with Crippen LogP contribution < -0.4 is 5.32 Å². The molecule has 0 saturated carbocycles. The van der Waals surface area contributed by atoms with Crippen LogP contribution in [-0.4, -0.2) is 20.4 Å². The molecule has 0 saturated heterocycles. The van der Waals surface area contributed by atoms with E-state index in [1.54, 1.807) is 23.6 Å². The van der Waals surface area contributed by atoms with Gasteiger partial charge in [0.1, 0.15) is 12.4 Å². The van der Waals surface area contributed by atoms with Crippen molar-refractivity contribution in [3.8, 4) is 11.3 Å². The number of hydrogen-bond donors (Lipinski definition) is 1.